The Hall–Kier alpha value is -0.410. The van der Waals surface area contributed by atoms with Crippen LogP contribution in [0.4, 0.5) is 0 Å². The van der Waals surface area contributed by atoms with Crippen LogP contribution in [0.5, 0.6) is 5.75 Å². The van der Waals surface area contributed by atoms with Crippen LogP contribution < -0.4 is 4.74 Å². The van der Waals surface area contributed by atoms with Gasteiger partial charge in [0.25, 0.3) is 0 Å². The first kappa shape index (κ1) is 16.0. The highest BCUT2D eigenvalue weighted by atomic mass is 79.9. The second-order valence-corrected chi connectivity index (χ2v) is 6.57. The van der Waals surface area contributed by atoms with Crippen molar-refractivity contribution in [3.05, 3.63) is 62.0 Å². The quantitative estimate of drug-likeness (QED) is 0.554. The standard InChI is InChI=1S/C15H12BrCl3O/c1-20-15-12(7-11(18)8-13(15)16)14(19)6-9-3-2-4-10(17)5-9/h2-5,7-8,14H,6H2,1H3. The zero-order valence-electron chi connectivity index (χ0n) is 10.7. The Morgan fingerprint density at radius 2 is 1.90 bits per heavy atom. The molecule has 106 valence electrons. The number of ether oxygens (including phenoxy) is 1. The monoisotopic (exact) mass is 392 g/mol. The molecule has 0 spiro atoms. The molecular formula is C15H12BrCl3O. The molecule has 1 atom stereocenters. The Kier molecular flexibility index (Phi) is 5.62. The Labute approximate surface area is 141 Å². The number of hydrogen-bond donors (Lipinski definition) is 0. The molecule has 0 fully saturated rings. The fraction of sp³-hybridized carbons (Fsp3) is 0.200. The second-order valence-electron chi connectivity index (χ2n) is 4.31. The van der Waals surface area contributed by atoms with Crippen LogP contribution in [0.1, 0.15) is 16.5 Å². The van der Waals surface area contributed by atoms with Gasteiger partial charge in [-0.05, 0) is 52.2 Å². The van der Waals surface area contributed by atoms with Crippen LogP contribution >= 0.6 is 50.7 Å². The average Bonchev–Trinajstić information content (AvgIpc) is 2.37. The Morgan fingerprint density at radius 1 is 1.15 bits per heavy atom. The van der Waals surface area contributed by atoms with Gasteiger partial charge in [-0.1, -0.05) is 35.3 Å². The lowest BCUT2D eigenvalue weighted by Crippen LogP contribution is -2.00. The highest BCUT2D eigenvalue weighted by molar-refractivity contribution is 9.10. The van der Waals surface area contributed by atoms with Gasteiger partial charge in [-0.2, -0.15) is 0 Å². The third-order valence-electron chi connectivity index (χ3n) is 2.88. The first-order valence-corrected chi connectivity index (χ1v) is 7.91. The van der Waals surface area contributed by atoms with Gasteiger partial charge in [0.05, 0.1) is 17.0 Å². The average molecular weight is 395 g/mol. The lowest BCUT2D eigenvalue weighted by atomic mass is 10.0. The maximum Gasteiger partial charge on any atom is 0.137 e. The van der Waals surface area contributed by atoms with Crippen molar-refractivity contribution < 1.29 is 4.74 Å². The number of halogens is 4. The zero-order valence-corrected chi connectivity index (χ0v) is 14.5. The largest absolute Gasteiger partial charge is 0.495 e. The van der Waals surface area contributed by atoms with E-state index in [2.05, 4.69) is 15.9 Å². The van der Waals surface area contributed by atoms with Gasteiger partial charge in [-0.3, -0.25) is 0 Å². The minimum Gasteiger partial charge on any atom is -0.495 e. The van der Waals surface area contributed by atoms with Gasteiger partial charge < -0.3 is 4.74 Å². The number of hydrogen-bond acceptors (Lipinski definition) is 1. The lowest BCUT2D eigenvalue weighted by Gasteiger charge is -2.16. The summed E-state index contributed by atoms with van der Waals surface area (Å²) in [6.07, 6.45) is 0.644. The molecule has 0 saturated heterocycles. The Morgan fingerprint density at radius 3 is 2.55 bits per heavy atom. The lowest BCUT2D eigenvalue weighted by molar-refractivity contribution is 0.406. The van der Waals surface area contributed by atoms with Crippen LogP contribution in [-0.4, -0.2) is 7.11 Å². The molecule has 0 aromatic heterocycles. The first-order chi connectivity index (χ1) is 9.51. The number of alkyl halides is 1. The molecular weight excluding hydrogens is 382 g/mol. The van der Waals surface area contributed by atoms with Crippen LogP contribution in [0.2, 0.25) is 10.0 Å². The summed E-state index contributed by atoms with van der Waals surface area (Å²) in [6.45, 7) is 0. The van der Waals surface area contributed by atoms with E-state index in [0.717, 1.165) is 15.6 Å². The molecule has 0 aliphatic carbocycles. The van der Waals surface area contributed by atoms with Gasteiger partial charge in [0.2, 0.25) is 0 Å². The van der Waals surface area contributed by atoms with Crippen molar-refractivity contribution in [1.29, 1.82) is 0 Å². The van der Waals surface area contributed by atoms with E-state index in [1.165, 1.54) is 0 Å². The van der Waals surface area contributed by atoms with Crippen LogP contribution in [0.25, 0.3) is 0 Å². The second kappa shape index (κ2) is 7.04. The molecule has 0 bridgehead atoms. The van der Waals surface area contributed by atoms with Crippen molar-refractivity contribution in [3.8, 4) is 5.75 Å². The molecule has 0 N–H and O–H groups in total. The summed E-state index contributed by atoms with van der Waals surface area (Å²) in [6, 6.07) is 11.3. The summed E-state index contributed by atoms with van der Waals surface area (Å²) in [5.41, 5.74) is 1.92. The number of rotatable bonds is 4. The molecule has 0 radical (unpaired) electrons. The van der Waals surface area contributed by atoms with Gasteiger partial charge in [0.15, 0.2) is 0 Å². The third kappa shape index (κ3) is 3.82. The molecule has 0 heterocycles. The van der Waals surface area contributed by atoms with Crippen molar-refractivity contribution in [3.63, 3.8) is 0 Å². The fourth-order valence-electron chi connectivity index (χ4n) is 2.01. The predicted molar refractivity (Wildman–Crippen MR) is 89.5 cm³/mol. The minimum atomic E-state index is -0.251. The molecule has 1 nitrogen and oxygen atoms in total. The molecule has 0 saturated carbocycles. The van der Waals surface area contributed by atoms with Crippen molar-refractivity contribution in [2.24, 2.45) is 0 Å². The van der Waals surface area contributed by atoms with Gasteiger partial charge in [0, 0.05) is 15.6 Å². The van der Waals surface area contributed by atoms with E-state index in [0.29, 0.717) is 22.2 Å². The Bertz CT molecular complexity index is 616. The van der Waals surface area contributed by atoms with E-state index in [1.807, 2.05) is 30.3 Å². The molecule has 0 aliphatic rings. The van der Waals surface area contributed by atoms with E-state index in [4.69, 9.17) is 39.5 Å². The van der Waals surface area contributed by atoms with Crippen LogP contribution in [0.3, 0.4) is 0 Å². The number of benzene rings is 2. The van der Waals surface area contributed by atoms with Gasteiger partial charge >= 0.3 is 0 Å². The summed E-state index contributed by atoms with van der Waals surface area (Å²) in [7, 11) is 1.61. The van der Waals surface area contributed by atoms with E-state index in [9.17, 15) is 0 Å². The number of methoxy groups -OCH3 is 1. The molecule has 2 aromatic rings. The first-order valence-electron chi connectivity index (χ1n) is 5.92. The summed E-state index contributed by atoms with van der Waals surface area (Å²) < 4.78 is 6.19. The van der Waals surface area contributed by atoms with Gasteiger partial charge in [-0.15, -0.1) is 11.6 Å². The van der Waals surface area contributed by atoms with Crippen LogP contribution in [0.15, 0.2) is 40.9 Å². The van der Waals surface area contributed by atoms with E-state index >= 15 is 0 Å². The molecule has 20 heavy (non-hydrogen) atoms. The van der Waals surface area contributed by atoms with Crippen molar-refractivity contribution >= 4 is 50.7 Å². The summed E-state index contributed by atoms with van der Waals surface area (Å²) in [5.74, 6) is 0.705. The summed E-state index contributed by atoms with van der Waals surface area (Å²) >= 11 is 22.0. The highest BCUT2D eigenvalue weighted by Crippen LogP contribution is 2.39. The van der Waals surface area contributed by atoms with Gasteiger partial charge in [0.1, 0.15) is 5.75 Å². The molecule has 5 heteroatoms. The molecule has 1 unspecified atom stereocenters. The predicted octanol–water partition coefficient (Wildman–Crippen LogP) is 6.29. The van der Waals surface area contributed by atoms with Crippen LogP contribution in [-0.2, 0) is 6.42 Å². The normalized spacial score (nSPS) is 12.2. The molecule has 2 aromatic carbocycles. The maximum absolute atomic E-state index is 6.52. The third-order valence-corrected chi connectivity index (χ3v) is 4.31. The van der Waals surface area contributed by atoms with E-state index in [-0.39, 0.29) is 5.38 Å². The topological polar surface area (TPSA) is 9.23 Å². The summed E-state index contributed by atoms with van der Waals surface area (Å²) in [4.78, 5) is 0. The van der Waals surface area contributed by atoms with E-state index in [1.54, 1.807) is 13.2 Å². The van der Waals surface area contributed by atoms with Crippen molar-refractivity contribution in [2.75, 3.05) is 7.11 Å². The Balaban J connectivity index is 2.31. The molecule has 0 amide bonds. The van der Waals surface area contributed by atoms with Gasteiger partial charge in [-0.25, -0.2) is 0 Å². The molecule has 0 aliphatic heterocycles. The van der Waals surface area contributed by atoms with Crippen molar-refractivity contribution in [2.45, 2.75) is 11.8 Å². The van der Waals surface area contributed by atoms with Crippen LogP contribution in [0, 0.1) is 0 Å². The van der Waals surface area contributed by atoms with Crippen molar-refractivity contribution in [1.82, 2.24) is 0 Å². The fourth-order valence-corrected chi connectivity index (χ4v) is 3.56. The SMILES string of the molecule is COc1c(Br)cc(Cl)cc1C(Cl)Cc1cccc(Cl)c1. The smallest absolute Gasteiger partial charge is 0.137 e. The highest BCUT2D eigenvalue weighted by Gasteiger charge is 2.17. The summed E-state index contributed by atoms with van der Waals surface area (Å²) in [5, 5.41) is 1.06. The molecule has 2 rings (SSSR count). The maximum atomic E-state index is 6.52. The minimum absolute atomic E-state index is 0.251. The zero-order chi connectivity index (χ0) is 14.7. The van der Waals surface area contributed by atoms with E-state index < -0.39 is 0 Å².